The van der Waals surface area contributed by atoms with E-state index >= 15 is 0 Å². The number of morpholine rings is 1. The molecule has 0 saturated carbocycles. The molecule has 0 radical (unpaired) electrons. The highest BCUT2D eigenvalue weighted by Crippen LogP contribution is 2.33. The zero-order valence-electron chi connectivity index (χ0n) is 13.1. The minimum atomic E-state index is -0.308. The molecule has 2 heterocycles. The van der Waals surface area contributed by atoms with E-state index in [0.29, 0.717) is 13.2 Å². The van der Waals surface area contributed by atoms with Crippen molar-refractivity contribution >= 4 is 18.3 Å². The van der Waals surface area contributed by atoms with Crippen LogP contribution in [0.1, 0.15) is 25.3 Å². The summed E-state index contributed by atoms with van der Waals surface area (Å²) in [5, 5.41) is 3.23. The molecule has 1 N–H and O–H groups in total. The fourth-order valence-electron chi connectivity index (χ4n) is 3.43. The number of nitrogens with one attached hydrogen (secondary N) is 1. The Morgan fingerprint density at radius 3 is 2.82 bits per heavy atom. The van der Waals surface area contributed by atoms with E-state index in [2.05, 4.69) is 36.5 Å². The third kappa shape index (κ3) is 3.62. The van der Waals surface area contributed by atoms with Crippen molar-refractivity contribution in [2.24, 2.45) is 0 Å². The van der Waals surface area contributed by atoms with Crippen LogP contribution in [0.25, 0.3) is 0 Å². The Labute approximate surface area is 138 Å². The van der Waals surface area contributed by atoms with E-state index in [9.17, 15) is 4.79 Å². The van der Waals surface area contributed by atoms with Gasteiger partial charge in [-0.2, -0.15) is 0 Å². The number of ether oxygens (including phenoxy) is 1. The summed E-state index contributed by atoms with van der Waals surface area (Å²) in [6, 6.07) is 10.5. The van der Waals surface area contributed by atoms with Crippen LogP contribution in [0.15, 0.2) is 30.3 Å². The number of piperidine rings is 1. The Morgan fingerprint density at radius 1 is 1.36 bits per heavy atom. The Balaban J connectivity index is 0.00000176. The lowest BCUT2D eigenvalue weighted by atomic mass is 9.76. The van der Waals surface area contributed by atoms with Crippen LogP contribution in [-0.2, 0) is 14.9 Å². The fraction of sp³-hybridized carbons (Fsp3) is 0.588. The second-order valence-electron chi connectivity index (χ2n) is 6.35. The highest BCUT2D eigenvalue weighted by atomic mass is 35.5. The predicted molar refractivity (Wildman–Crippen MR) is 89.5 cm³/mol. The van der Waals surface area contributed by atoms with Crippen molar-refractivity contribution < 1.29 is 9.53 Å². The summed E-state index contributed by atoms with van der Waals surface area (Å²) in [6.07, 6.45) is 1.87. The fourth-order valence-corrected chi connectivity index (χ4v) is 3.43. The molecular weight excluding hydrogens is 300 g/mol. The molecule has 0 aromatic heterocycles. The molecule has 1 aromatic carbocycles. The second-order valence-corrected chi connectivity index (χ2v) is 6.35. The summed E-state index contributed by atoms with van der Waals surface area (Å²) < 4.78 is 5.61. The summed E-state index contributed by atoms with van der Waals surface area (Å²) in [7, 11) is 0. The molecule has 2 saturated heterocycles. The van der Waals surface area contributed by atoms with Crippen LogP contribution in [0.3, 0.4) is 0 Å². The largest absolute Gasteiger partial charge is 0.366 e. The molecule has 122 valence electrons. The van der Waals surface area contributed by atoms with Gasteiger partial charge in [0.2, 0.25) is 0 Å². The monoisotopic (exact) mass is 324 g/mol. The van der Waals surface area contributed by atoms with Crippen LogP contribution in [0, 0.1) is 0 Å². The zero-order chi connectivity index (χ0) is 14.7. The smallest absolute Gasteiger partial charge is 0.253 e. The molecular formula is C17H25ClN2O2. The molecule has 2 unspecified atom stereocenters. The molecule has 2 atom stereocenters. The summed E-state index contributed by atoms with van der Waals surface area (Å²) >= 11 is 0. The van der Waals surface area contributed by atoms with Crippen LogP contribution in [0.5, 0.6) is 0 Å². The maximum absolute atomic E-state index is 12.6. The molecule has 1 aromatic rings. The summed E-state index contributed by atoms with van der Waals surface area (Å²) in [5.41, 5.74) is 1.38. The Bertz CT molecular complexity index is 491. The van der Waals surface area contributed by atoms with E-state index in [1.54, 1.807) is 0 Å². The van der Waals surface area contributed by atoms with Crippen molar-refractivity contribution in [1.82, 2.24) is 10.2 Å². The molecule has 2 aliphatic heterocycles. The lowest BCUT2D eigenvalue weighted by molar-refractivity contribution is -0.147. The minimum absolute atomic E-state index is 0. The summed E-state index contributed by atoms with van der Waals surface area (Å²) in [5.74, 6) is 0.143. The maximum atomic E-state index is 12.6. The van der Waals surface area contributed by atoms with E-state index in [0.717, 1.165) is 32.5 Å². The van der Waals surface area contributed by atoms with E-state index in [-0.39, 0.29) is 29.8 Å². The topological polar surface area (TPSA) is 41.6 Å². The Morgan fingerprint density at radius 2 is 2.14 bits per heavy atom. The van der Waals surface area contributed by atoms with Gasteiger partial charge in [-0.1, -0.05) is 37.3 Å². The van der Waals surface area contributed by atoms with Gasteiger partial charge in [-0.3, -0.25) is 4.79 Å². The van der Waals surface area contributed by atoms with Gasteiger partial charge in [-0.05, 0) is 18.4 Å². The van der Waals surface area contributed by atoms with Gasteiger partial charge in [0.25, 0.3) is 5.91 Å². The molecule has 2 fully saturated rings. The average Bonchev–Trinajstić information content (AvgIpc) is 2.56. The van der Waals surface area contributed by atoms with Crippen molar-refractivity contribution in [1.29, 1.82) is 0 Å². The van der Waals surface area contributed by atoms with Gasteiger partial charge < -0.3 is 15.0 Å². The first-order valence-corrected chi connectivity index (χ1v) is 7.86. The van der Waals surface area contributed by atoms with Gasteiger partial charge in [-0.25, -0.2) is 0 Å². The summed E-state index contributed by atoms with van der Waals surface area (Å²) in [6.45, 7) is 6.00. The SMILES string of the molecule is CC1(c2ccccc2)CCCN(C(=O)C2CNCCO2)C1.Cl. The highest BCUT2D eigenvalue weighted by molar-refractivity contribution is 5.85. The molecule has 4 nitrogen and oxygen atoms in total. The van der Waals surface area contributed by atoms with Crippen molar-refractivity contribution in [3.63, 3.8) is 0 Å². The van der Waals surface area contributed by atoms with Crippen molar-refractivity contribution in [2.45, 2.75) is 31.3 Å². The van der Waals surface area contributed by atoms with Crippen molar-refractivity contribution in [3.8, 4) is 0 Å². The number of carbonyl (C=O) groups excluding carboxylic acids is 1. The number of amides is 1. The molecule has 5 heteroatoms. The van der Waals surface area contributed by atoms with Crippen LogP contribution in [0.4, 0.5) is 0 Å². The predicted octanol–water partition coefficient (Wildman–Crippen LogP) is 1.98. The normalized spacial score (nSPS) is 28.8. The lowest BCUT2D eigenvalue weighted by Crippen LogP contribution is -2.54. The number of benzene rings is 1. The first-order valence-electron chi connectivity index (χ1n) is 7.86. The number of hydrogen-bond donors (Lipinski definition) is 1. The van der Waals surface area contributed by atoms with E-state index in [1.807, 2.05) is 11.0 Å². The Hall–Kier alpha value is -1.10. The van der Waals surface area contributed by atoms with E-state index in [1.165, 1.54) is 5.56 Å². The average molecular weight is 325 g/mol. The molecule has 1 amide bonds. The number of nitrogens with zero attached hydrogens (tertiary/aromatic N) is 1. The third-order valence-electron chi connectivity index (χ3n) is 4.68. The van der Waals surface area contributed by atoms with Gasteiger partial charge in [0, 0.05) is 31.6 Å². The lowest BCUT2D eigenvalue weighted by Gasteiger charge is -2.42. The van der Waals surface area contributed by atoms with Gasteiger partial charge in [0.05, 0.1) is 6.61 Å². The number of hydrogen-bond acceptors (Lipinski definition) is 3. The zero-order valence-corrected chi connectivity index (χ0v) is 13.9. The van der Waals surface area contributed by atoms with Crippen molar-refractivity contribution in [3.05, 3.63) is 35.9 Å². The third-order valence-corrected chi connectivity index (χ3v) is 4.68. The number of likely N-dealkylation sites (tertiary alicyclic amines) is 1. The standard InChI is InChI=1S/C17H24N2O2.ClH/c1-17(14-6-3-2-4-7-14)8-5-10-19(13-17)16(20)15-12-18-9-11-21-15;/h2-4,6-7,15,18H,5,8-13H2,1H3;1H. The van der Waals surface area contributed by atoms with Gasteiger partial charge in [-0.15, -0.1) is 12.4 Å². The second kappa shape index (κ2) is 7.44. The molecule has 22 heavy (non-hydrogen) atoms. The number of carbonyl (C=O) groups is 1. The van der Waals surface area contributed by atoms with Crippen LogP contribution in [0.2, 0.25) is 0 Å². The van der Waals surface area contributed by atoms with Gasteiger partial charge in [0.1, 0.15) is 6.10 Å². The summed E-state index contributed by atoms with van der Waals surface area (Å²) in [4.78, 5) is 14.6. The van der Waals surface area contributed by atoms with E-state index < -0.39 is 0 Å². The first-order chi connectivity index (χ1) is 10.2. The van der Waals surface area contributed by atoms with E-state index in [4.69, 9.17) is 4.74 Å². The Kier molecular flexibility index (Phi) is 5.84. The van der Waals surface area contributed by atoms with Gasteiger partial charge >= 0.3 is 0 Å². The molecule has 0 aliphatic carbocycles. The highest BCUT2D eigenvalue weighted by Gasteiger charge is 2.37. The number of rotatable bonds is 2. The van der Waals surface area contributed by atoms with Crippen LogP contribution < -0.4 is 5.32 Å². The van der Waals surface area contributed by atoms with Crippen LogP contribution >= 0.6 is 12.4 Å². The molecule has 2 aliphatic rings. The minimum Gasteiger partial charge on any atom is -0.366 e. The van der Waals surface area contributed by atoms with Crippen LogP contribution in [-0.4, -0.2) is 49.7 Å². The molecule has 0 bridgehead atoms. The maximum Gasteiger partial charge on any atom is 0.253 e. The van der Waals surface area contributed by atoms with Crippen molar-refractivity contribution in [2.75, 3.05) is 32.8 Å². The first kappa shape index (κ1) is 17.3. The molecule has 3 rings (SSSR count). The van der Waals surface area contributed by atoms with Gasteiger partial charge in [0.15, 0.2) is 0 Å². The quantitative estimate of drug-likeness (QED) is 0.904. The molecule has 0 spiro atoms. The number of halogens is 1.